The Morgan fingerprint density at radius 3 is 2.78 bits per heavy atom. The highest BCUT2D eigenvalue weighted by atomic mass is 16.5. The highest BCUT2D eigenvalue weighted by Crippen LogP contribution is 2.22. The zero-order chi connectivity index (χ0) is 12.5. The molecule has 1 aromatic carbocycles. The third kappa shape index (κ3) is 1.97. The first-order chi connectivity index (χ1) is 8.74. The Hall–Kier alpha value is -1.88. The molecule has 0 unspecified atom stereocenters. The van der Waals surface area contributed by atoms with E-state index < -0.39 is 0 Å². The van der Waals surface area contributed by atoms with E-state index in [-0.39, 0.29) is 0 Å². The van der Waals surface area contributed by atoms with Crippen LogP contribution >= 0.6 is 0 Å². The molecule has 2 heterocycles. The fourth-order valence-electron chi connectivity index (χ4n) is 2.16. The van der Waals surface area contributed by atoms with E-state index in [1.54, 1.807) is 0 Å². The van der Waals surface area contributed by atoms with Gasteiger partial charge in [-0.15, -0.1) is 0 Å². The Morgan fingerprint density at radius 2 is 2.00 bits per heavy atom. The molecule has 0 spiro atoms. The molecule has 1 saturated heterocycles. The highest BCUT2D eigenvalue weighted by molar-refractivity contribution is 5.89. The molecule has 1 fully saturated rings. The van der Waals surface area contributed by atoms with Crippen molar-refractivity contribution in [3.8, 4) is 0 Å². The van der Waals surface area contributed by atoms with Gasteiger partial charge in [-0.3, -0.25) is 0 Å². The van der Waals surface area contributed by atoms with E-state index in [1.165, 1.54) is 5.56 Å². The number of hydrogen-bond acceptors (Lipinski definition) is 5. The number of nitrogen functional groups attached to an aromatic ring is 1. The maximum Gasteiger partial charge on any atom is 0.228 e. The van der Waals surface area contributed by atoms with Gasteiger partial charge in [0.1, 0.15) is 5.82 Å². The highest BCUT2D eigenvalue weighted by Gasteiger charge is 2.15. The second-order valence-corrected chi connectivity index (χ2v) is 4.53. The molecule has 94 valence electrons. The molecule has 0 amide bonds. The van der Waals surface area contributed by atoms with Crippen molar-refractivity contribution in [1.29, 1.82) is 0 Å². The van der Waals surface area contributed by atoms with Crippen molar-refractivity contribution >= 4 is 22.7 Å². The Morgan fingerprint density at radius 1 is 1.22 bits per heavy atom. The van der Waals surface area contributed by atoms with E-state index in [2.05, 4.69) is 14.9 Å². The van der Waals surface area contributed by atoms with E-state index in [9.17, 15) is 0 Å². The molecular weight excluding hydrogens is 228 g/mol. The minimum Gasteiger partial charge on any atom is -0.383 e. The molecule has 5 nitrogen and oxygen atoms in total. The van der Waals surface area contributed by atoms with Gasteiger partial charge >= 0.3 is 0 Å². The van der Waals surface area contributed by atoms with Crippen molar-refractivity contribution in [2.24, 2.45) is 0 Å². The maximum absolute atomic E-state index is 6.00. The minimum atomic E-state index is 0.543. The third-order valence-corrected chi connectivity index (χ3v) is 3.16. The molecule has 0 radical (unpaired) electrons. The van der Waals surface area contributed by atoms with Crippen molar-refractivity contribution in [2.45, 2.75) is 6.92 Å². The average Bonchev–Trinajstić information content (AvgIpc) is 2.39. The third-order valence-electron chi connectivity index (χ3n) is 3.16. The monoisotopic (exact) mass is 244 g/mol. The smallest absolute Gasteiger partial charge is 0.228 e. The number of nitrogens with two attached hydrogens (primary N) is 1. The summed E-state index contributed by atoms with van der Waals surface area (Å²) in [6, 6.07) is 6.04. The van der Waals surface area contributed by atoms with Crippen LogP contribution in [0, 0.1) is 6.92 Å². The lowest BCUT2D eigenvalue weighted by atomic mass is 10.1. The van der Waals surface area contributed by atoms with Gasteiger partial charge in [0.2, 0.25) is 5.95 Å². The van der Waals surface area contributed by atoms with Crippen LogP contribution in [0.25, 0.3) is 10.9 Å². The molecule has 5 heteroatoms. The van der Waals surface area contributed by atoms with Gasteiger partial charge in [-0.1, -0.05) is 6.07 Å². The second kappa shape index (κ2) is 4.42. The Bertz CT molecular complexity index is 578. The summed E-state index contributed by atoms with van der Waals surface area (Å²) in [5.74, 6) is 1.25. The summed E-state index contributed by atoms with van der Waals surface area (Å²) < 4.78 is 5.33. The van der Waals surface area contributed by atoms with Gasteiger partial charge in [0.25, 0.3) is 0 Å². The van der Waals surface area contributed by atoms with Crippen LogP contribution in [-0.4, -0.2) is 36.3 Å². The molecule has 1 aliphatic rings. The second-order valence-electron chi connectivity index (χ2n) is 4.53. The van der Waals surface area contributed by atoms with E-state index in [0.29, 0.717) is 11.8 Å². The van der Waals surface area contributed by atoms with Gasteiger partial charge in [-0.2, -0.15) is 4.98 Å². The number of nitrogens with zero attached hydrogens (tertiary/aromatic N) is 3. The van der Waals surface area contributed by atoms with E-state index in [4.69, 9.17) is 10.5 Å². The Balaban J connectivity index is 2.07. The summed E-state index contributed by atoms with van der Waals surface area (Å²) >= 11 is 0. The number of benzene rings is 1. The van der Waals surface area contributed by atoms with Gasteiger partial charge in [0, 0.05) is 18.5 Å². The summed E-state index contributed by atoms with van der Waals surface area (Å²) in [5, 5.41) is 0.914. The topological polar surface area (TPSA) is 64.3 Å². The molecule has 0 bridgehead atoms. The predicted octanol–water partition coefficient (Wildman–Crippen LogP) is 1.36. The number of anilines is 2. The lowest BCUT2D eigenvalue weighted by Gasteiger charge is -2.27. The number of aromatic nitrogens is 2. The fourth-order valence-corrected chi connectivity index (χ4v) is 2.16. The quantitative estimate of drug-likeness (QED) is 0.820. The van der Waals surface area contributed by atoms with Crippen molar-refractivity contribution in [1.82, 2.24) is 9.97 Å². The van der Waals surface area contributed by atoms with Crippen LogP contribution in [0.5, 0.6) is 0 Å². The summed E-state index contributed by atoms with van der Waals surface area (Å²) in [6.45, 7) is 5.11. The first kappa shape index (κ1) is 11.2. The first-order valence-electron chi connectivity index (χ1n) is 6.10. The number of ether oxygens (including phenoxy) is 1. The van der Waals surface area contributed by atoms with Crippen LogP contribution in [0.4, 0.5) is 11.8 Å². The predicted molar refractivity (Wildman–Crippen MR) is 71.7 cm³/mol. The summed E-state index contributed by atoms with van der Waals surface area (Å²) in [5.41, 5.74) is 8.09. The molecule has 2 aromatic rings. The van der Waals surface area contributed by atoms with Gasteiger partial charge in [0.15, 0.2) is 0 Å². The summed E-state index contributed by atoms with van der Waals surface area (Å²) in [7, 11) is 0. The van der Waals surface area contributed by atoms with Crippen LogP contribution < -0.4 is 10.6 Å². The number of aryl methyl sites for hydroxylation is 1. The van der Waals surface area contributed by atoms with Gasteiger partial charge in [-0.25, -0.2) is 4.98 Å². The molecule has 18 heavy (non-hydrogen) atoms. The summed E-state index contributed by atoms with van der Waals surface area (Å²) in [4.78, 5) is 11.1. The van der Waals surface area contributed by atoms with Gasteiger partial charge in [-0.05, 0) is 24.6 Å². The number of morpholine rings is 1. The fraction of sp³-hybridized carbons (Fsp3) is 0.385. The standard InChI is InChI=1S/C13H16N4O/c1-9-2-3-10-11(8-9)15-13(16-12(10)14)17-4-6-18-7-5-17/h2-3,8H,4-7H2,1H3,(H2,14,15,16). The number of fused-ring (bicyclic) bond motifs is 1. The lowest BCUT2D eigenvalue weighted by molar-refractivity contribution is 0.122. The largest absolute Gasteiger partial charge is 0.383 e. The normalized spacial score (nSPS) is 16.2. The molecule has 1 aliphatic heterocycles. The lowest BCUT2D eigenvalue weighted by Crippen LogP contribution is -2.37. The zero-order valence-corrected chi connectivity index (χ0v) is 10.4. The Labute approximate surface area is 106 Å². The first-order valence-corrected chi connectivity index (χ1v) is 6.10. The van der Waals surface area contributed by atoms with Crippen LogP contribution in [0.3, 0.4) is 0 Å². The number of hydrogen-bond donors (Lipinski definition) is 1. The van der Waals surface area contributed by atoms with E-state index >= 15 is 0 Å². The van der Waals surface area contributed by atoms with Crippen LogP contribution in [0.15, 0.2) is 18.2 Å². The minimum absolute atomic E-state index is 0.543. The molecule has 0 aliphatic carbocycles. The molecular formula is C13H16N4O. The van der Waals surface area contributed by atoms with Gasteiger partial charge < -0.3 is 15.4 Å². The van der Waals surface area contributed by atoms with Crippen LogP contribution in [-0.2, 0) is 4.74 Å². The van der Waals surface area contributed by atoms with Crippen molar-refractivity contribution < 1.29 is 4.74 Å². The van der Waals surface area contributed by atoms with Crippen molar-refractivity contribution in [3.05, 3.63) is 23.8 Å². The van der Waals surface area contributed by atoms with Crippen LogP contribution in [0.1, 0.15) is 5.56 Å². The van der Waals surface area contributed by atoms with Gasteiger partial charge in [0.05, 0.1) is 18.7 Å². The summed E-state index contributed by atoms with van der Waals surface area (Å²) in [6.07, 6.45) is 0. The van der Waals surface area contributed by atoms with Crippen molar-refractivity contribution in [3.63, 3.8) is 0 Å². The molecule has 0 atom stereocenters. The molecule has 1 aromatic heterocycles. The molecule has 0 saturated carbocycles. The van der Waals surface area contributed by atoms with Crippen molar-refractivity contribution in [2.75, 3.05) is 36.9 Å². The van der Waals surface area contributed by atoms with Crippen LogP contribution in [0.2, 0.25) is 0 Å². The SMILES string of the molecule is Cc1ccc2c(N)nc(N3CCOCC3)nc2c1. The maximum atomic E-state index is 6.00. The van der Waals surface area contributed by atoms with E-state index in [1.807, 2.05) is 25.1 Å². The molecule has 3 rings (SSSR count). The average molecular weight is 244 g/mol. The number of rotatable bonds is 1. The Kier molecular flexibility index (Phi) is 2.76. The van der Waals surface area contributed by atoms with E-state index in [0.717, 1.165) is 37.2 Å². The zero-order valence-electron chi connectivity index (χ0n) is 10.4. The molecule has 2 N–H and O–H groups in total.